The summed E-state index contributed by atoms with van der Waals surface area (Å²) in [4.78, 5) is 9.22. The van der Waals surface area contributed by atoms with Gasteiger partial charge in [0.15, 0.2) is 5.82 Å². The van der Waals surface area contributed by atoms with Gasteiger partial charge >= 0.3 is 0 Å². The number of aromatic amines is 1. The van der Waals surface area contributed by atoms with Crippen molar-refractivity contribution in [3.63, 3.8) is 0 Å². The number of rotatable bonds is 6. The number of anilines is 3. The van der Waals surface area contributed by atoms with Gasteiger partial charge in [0.25, 0.3) is 0 Å². The molecule has 3 heterocycles. The van der Waals surface area contributed by atoms with E-state index in [0.29, 0.717) is 18.4 Å². The smallest absolute Gasteiger partial charge is 0.225 e. The fourth-order valence-electron chi connectivity index (χ4n) is 2.96. The first kappa shape index (κ1) is 14.9. The lowest BCUT2D eigenvalue weighted by Crippen LogP contribution is -2.05. The van der Waals surface area contributed by atoms with Crippen LogP contribution in [-0.2, 0) is 6.54 Å². The second kappa shape index (κ2) is 6.18. The van der Waals surface area contributed by atoms with E-state index in [2.05, 4.69) is 36.9 Å². The Bertz CT molecular complexity index is 1040. The summed E-state index contributed by atoms with van der Waals surface area (Å²) in [6.07, 6.45) is 4.12. The number of furan rings is 1. The first-order valence-electron chi connectivity index (χ1n) is 8.70. The molecule has 0 atom stereocenters. The van der Waals surface area contributed by atoms with Gasteiger partial charge in [0.2, 0.25) is 5.95 Å². The van der Waals surface area contributed by atoms with E-state index in [1.165, 1.54) is 18.5 Å². The molecule has 26 heavy (non-hydrogen) atoms. The zero-order chi connectivity index (χ0) is 17.3. The molecule has 1 aliphatic carbocycles. The average molecular weight is 346 g/mol. The minimum absolute atomic E-state index is 0.527. The molecule has 0 saturated heterocycles. The molecule has 1 fully saturated rings. The average Bonchev–Trinajstić information content (AvgIpc) is 3.18. The van der Waals surface area contributed by atoms with Crippen molar-refractivity contribution in [2.45, 2.75) is 25.3 Å². The van der Waals surface area contributed by atoms with Crippen molar-refractivity contribution in [3.05, 3.63) is 60.2 Å². The molecule has 130 valence electrons. The van der Waals surface area contributed by atoms with Gasteiger partial charge in [-0.05, 0) is 37.1 Å². The molecule has 0 unspecified atom stereocenters. The van der Waals surface area contributed by atoms with Crippen LogP contribution in [0.2, 0.25) is 0 Å². The Hall–Kier alpha value is -3.35. The molecule has 1 saturated carbocycles. The zero-order valence-corrected chi connectivity index (χ0v) is 14.1. The van der Waals surface area contributed by atoms with Gasteiger partial charge in [-0.25, -0.2) is 4.98 Å². The van der Waals surface area contributed by atoms with Gasteiger partial charge in [0.05, 0.1) is 18.3 Å². The van der Waals surface area contributed by atoms with E-state index >= 15 is 0 Å². The third-order valence-corrected chi connectivity index (χ3v) is 4.47. The quantitative estimate of drug-likeness (QED) is 0.485. The molecule has 1 aliphatic rings. The third-order valence-electron chi connectivity index (χ3n) is 4.47. The van der Waals surface area contributed by atoms with E-state index in [4.69, 9.17) is 4.42 Å². The van der Waals surface area contributed by atoms with Crippen LogP contribution in [0.25, 0.3) is 10.9 Å². The molecule has 7 nitrogen and oxygen atoms in total. The van der Waals surface area contributed by atoms with Crippen LogP contribution in [0.4, 0.5) is 17.6 Å². The van der Waals surface area contributed by atoms with Gasteiger partial charge < -0.3 is 15.1 Å². The molecule has 0 spiro atoms. The summed E-state index contributed by atoms with van der Waals surface area (Å²) >= 11 is 0. The number of H-pyrrole nitrogens is 1. The van der Waals surface area contributed by atoms with Crippen molar-refractivity contribution in [2.24, 2.45) is 0 Å². The largest absolute Gasteiger partial charge is 0.467 e. The summed E-state index contributed by atoms with van der Waals surface area (Å²) in [5, 5.41) is 15.0. The lowest BCUT2D eigenvalue weighted by molar-refractivity contribution is 0.517. The Balaban J connectivity index is 1.45. The minimum Gasteiger partial charge on any atom is -0.467 e. The number of aromatic nitrogens is 4. The van der Waals surface area contributed by atoms with Crippen LogP contribution in [0.5, 0.6) is 0 Å². The summed E-state index contributed by atoms with van der Waals surface area (Å²) in [6, 6.07) is 13.8. The van der Waals surface area contributed by atoms with Crippen LogP contribution in [0, 0.1) is 0 Å². The van der Waals surface area contributed by atoms with Crippen LogP contribution < -0.4 is 10.6 Å². The molecule has 3 aromatic heterocycles. The second-order valence-corrected chi connectivity index (χ2v) is 6.45. The van der Waals surface area contributed by atoms with E-state index in [1.807, 2.05) is 36.4 Å². The van der Waals surface area contributed by atoms with E-state index in [1.54, 1.807) is 6.26 Å². The number of nitrogens with zero attached hydrogens (tertiary/aromatic N) is 3. The summed E-state index contributed by atoms with van der Waals surface area (Å²) in [6.45, 7) is 0.527. The maximum Gasteiger partial charge on any atom is 0.225 e. The molecule has 1 aromatic carbocycles. The standard InChI is InChI=1S/C19H18N6O/c1-2-6-15-14(5-1)18(22-17-10-16(24-25-17)12-7-8-12)23-19(21-15)20-11-13-4-3-9-26-13/h1-6,9-10,12H,7-8,11H2,(H3,20,21,22,23,24,25). The first-order valence-corrected chi connectivity index (χ1v) is 8.70. The fraction of sp³-hybridized carbons (Fsp3) is 0.211. The molecule has 3 N–H and O–H groups in total. The van der Waals surface area contributed by atoms with Crippen LogP contribution in [0.15, 0.2) is 53.1 Å². The van der Waals surface area contributed by atoms with Crippen LogP contribution in [0.1, 0.15) is 30.2 Å². The van der Waals surface area contributed by atoms with E-state index < -0.39 is 0 Å². The molecular weight excluding hydrogens is 328 g/mol. The number of hydrogen-bond acceptors (Lipinski definition) is 6. The van der Waals surface area contributed by atoms with Gasteiger partial charge in [0, 0.05) is 23.1 Å². The van der Waals surface area contributed by atoms with Crippen molar-refractivity contribution >= 4 is 28.5 Å². The number of para-hydroxylation sites is 1. The Morgan fingerprint density at radius 3 is 2.88 bits per heavy atom. The lowest BCUT2D eigenvalue weighted by atomic mass is 10.2. The molecule has 7 heteroatoms. The monoisotopic (exact) mass is 346 g/mol. The van der Waals surface area contributed by atoms with Crippen LogP contribution >= 0.6 is 0 Å². The number of hydrogen-bond donors (Lipinski definition) is 3. The van der Waals surface area contributed by atoms with Crippen LogP contribution in [0.3, 0.4) is 0 Å². The highest BCUT2D eigenvalue weighted by Crippen LogP contribution is 2.39. The topological polar surface area (TPSA) is 91.7 Å². The Morgan fingerprint density at radius 2 is 2.04 bits per heavy atom. The van der Waals surface area contributed by atoms with Gasteiger partial charge in [0.1, 0.15) is 11.6 Å². The van der Waals surface area contributed by atoms with Crippen molar-refractivity contribution in [2.75, 3.05) is 10.6 Å². The molecule has 0 aliphatic heterocycles. The van der Waals surface area contributed by atoms with Gasteiger partial charge in [-0.15, -0.1) is 0 Å². The van der Waals surface area contributed by atoms with Crippen molar-refractivity contribution in [1.82, 2.24) is 20.2 Å². The van der Waals surface area contributed by atoms with Gasteiger partial charge in [-0.2, -0.15) is 10.1 Å². The zero-order valence-electron chi connectivity index (χ0n) is 14.1. The fourth-order valence-corrected chi connectivity index (χ4v) is 2.96. The van der Waals surface area contributed by atoms with E-state index in [-0.39, 0.29) is 0 Å². The van der Waals surface area contributed by atoms with Crippen molar-refractivity contribution in [1.29, 1.82) is 0 Å². The third kappa shape index (κ3) is 2.99. The van der Waals surface area contributed by atoms with E-state index in [9.17, 15) is 0 Å². The Labute approximate surface area is 149 Å². The normalized spacial score (nSPS) is 13.8. The highest BCUT2D eigenvalue weighted by Gasteiger charge is 2.25. The van der Waals surface area contributed by atoms with Gasteiger partial charge in [-0.3, -0.25) is 5.10 Å². The second-order valence-electron chi connectivity index (χ2n) is 6.45. The summed E-state index contributed by atoms with van der Waals surface area (Å²) < 4.78 is 5.35. The molecule has 0 amide bonds. The lowest BCUT2D eigenvalue weighted by Gasteiger charge is -2.10. The predicted octanol–water partition coefficient (Wildman–Crippen LogP) is 4.18. The molecule has 4 aromatic rings. The van der Waals surface area contributed by atoms with Crippen LogP contribution in [-0.4, -0.2) is 20.2 Å². The van der Waals surface area contributed by atoms with Crippen molar-refractivity contribution < 1.29 is 4.42 Å². The Kier molecular flexibility index (Phi) is 3.55. The molecule has 0 radical (unpaired) electrons. The summed E-state index contributed by atoms with van der Waals surface area (Å²) in [5.41, 5.74) is 2.05. The number of nitrogens with one attached hydrogen (secondary N) is 3. The minimum atomic E-state index is 0.527. The molecule has 0 bridgehead atoms. The SMILES string of the molecule is c1coc(CNc2nc(Nc3cc(C4CC4)[nH]n3)c3ccccc3n2)c1. The Morgan fingerprint density at radius 1 is 1.12 bits per heavy atom. The summed E-state index contributed by atoms with van der Waals surface area (Å²) in [7, 11) is 0. The highest BCUT2D eigenvalue weighted by molar-refractivity contribution is 5.91. The summed E-state index contributed by atoms with van der Waals surface area (Å²) in [5.74, 6) is 3.50. The van der Waals surface area contributed by atoms with Gasteiger partial charge in [-0.1, -0.05) is 12.1 Å². The van der Waals surface area contributed by atoms with E-state index in [0.717, 1.165) is 28.3 Å². The highest BCUT2D eigenvalue weighted by atomic mass is 16.3. The maximum atomic E-state index is 5.35. The number of benzene rings is 1. The molecular formula is C19H18N6O. The first-order chi connectivity index (χ1) is 12.8. The molecule has 5 rings (SSSR count). The predicted molar refractivity (Wildman–Crippen MR) is 99.4 cm³/mol. The number of fused-ring (bicyclic) bond motifs is 1. The van der Waals surface area contributed by atoms with Crippen molar-refractivity contribution in [3.8, 4) is 0 Å². The maximum absolute atomic E-state index is 5.35.